The summed E-state index contributed by atoms with van der Waals surface area (Å²) in [5.41, 5.74) is 5.87. The van der Waals surface area contributed by atoms with Crippen LogP contribution in [0.15, 0.2) is 135 Å². The zero-order valence-corrected chi connectivity index (χ0v) is 43.5. The molecule has 0 aliphatic heterocycles. The van der Waals surface area contributed by atoms with E-state index >= 15 is 0 Å². The minimum absolute atomic E-state index is 0. The number of carbonyl (C=O) groups excluding carboxylic acids is 2. The first kappa shape index (κ1) is 52.9. The van der Waals surface area contributed by atoms with Crippen LogP contribution in [-0.2, 0) is 0 Å². The van der Waals surface area contributed by atoms with E-state index in [1.54, 1.807) is 42.0 Å². The standard InChI is InChI=1S/C28H24BrNO5.C18H24O2.C7H10.C2H4O.K/c1-17-4-7-20(15-24(17)29)26-30-25-13-12-22(16-23(25)28(32)35-26)34-27(31)19-8-10-21(11-9-19)33-14-2-3-18-5-6-18;19-18(15-7-2-8-15)16-9-11-17(12-10-16)20-13-3-6-14-4-1-5-14;1-3-6(2)7-4-5-7;1-2-3;/h4,7-13,15-16,18H,2-3,5-6,14H2,1H3;9-12,14-15H,1-8,13H2;3H,1,4-5H2,2H3;2-3H,1H2;/q;;;;+1/p-1. The fourth-order valence-corrected chi connectivity index (χ4v) is 7.73. The SMILES string of the molecule is C=CC(C)=C1CC1.C=C[O-].Cc1ccc(-c2nc3ccc(OC(=O)c4ccc(OCCCC5CC5)cc4)cc3c(=O)o2)cc1Br.O=C(c1ccc(OCCCC2CCC2)cc1)C1CCC1.[K+]. The number of nitrogens with zero attached hydrogens (tertiary/aromatic N) is 1. The van der Waals surface area contributed by atoms with Crippen molar-refractivity contribution < 1.29 is 84.7 Å². The Morgan fingerprint density at radius 2 is 1.35 bits per heavy atom. The third-order valence-electron chi connectivity index (χ3n) is 12.3. The molecule has 4 saturated carbocycles. The molecular weight excluding hydrogens is 922 g/mol. The molecule has 0 saturated heterocycles. The number of ketones is 1. The van der Waals surface area contributed by atoms with Crippen LogP contribution in [0.1, 0.15) is 123 Å². The predicted molar refractivity (Wildman–Crippen MR) is 260 cm³/mol. The summed E-state index contributed by atoms with van der Waals surface area (Å²) in [6.45, 7) is 12.0. The number of allylic oxidation sites excluding steroid dienone is 3. The summed E-state index contributed by atoms with van der Waals surface area (Å²) in [5.74, 6) is 4.00. The van der Waals surface area contributed by atoms with Gasteiger partial charge in [-0.25, -0.2) is 14.6 Å². The molecule has 4 aliphatic carbocycles. The van der Waals surface area contributed by atoms with E-state index in [1.807, 2.05) is 55.5 Å². The Morgan fingerprint density at radius 3 is 1.83 bits per heavy atom. The van der Waals surface area contributed by atoms with Gasteiger partial charge in [0.15, 0.2) is 5.78 Å². The largest absolute Gasteiger partial charge is 1.00 e. The molecule has 342 valence electrons. The topological polar surface area (TPSA) is 128 Å². The molecule has 9 rings (SSSR count). The zero-order chi connectivity index (χ0) is 46.1. The first-order valence-corrected chi connectivity index (χ1v) is 23.8. The van der Waals surface area contributed by atoms with Crippen LogP contribution in [0.25, 0.3) is 22.4 Å². The number of aryl methyl sites for hydroxylation is 1. The van der Waals surface area contributed by atoms with Gasteiger partial charge < -0.3 is 23.7 Å². The van der Waals surface area contributed by atoms with E-state index in [9.17, 15) is 14.4 Å². The van der Waals surface area contributed by atoms with Crippen LogP contribution in [0.3, 0.4) is 0 Å². The fraction of sp³-hybridized carbons (Fsp3) is 0.382. The van der Waals surface area contributed by atoms with Crippen LogP contribution in [-0.4, -0.2) is 30.0 Å². The Labute approximate surface area is 440 Å². The molecule has 4 aromatic carbocycles. The second-order valence-corrected chi connectivity index (χ2v) is 18.1. The molecule has 0 spiro atoms. The van der Waals surface area contributed by atoms with Crippen molar-refractivity contribution >= 4 is 38.6 Å². The van der Waals surface area contributed by atoms with Gasteiger partial charge in [0.25, 0.3) is 0 Å². The molecule has 4 aliphatic rings. The number of carbonyl (C=O) groups is 2. The molecule has 1 heterocycles. The molecular formula is C55H61BrKNO8. The van der Waals surface area contributed by atoms with Crippen molar-refractivity contribution in [1.82, 2.24) is 4.98 Å². The normalized spacial score (nSPS) is 14.7. The zero-order valence-electron chi connectivity index (χ0n) is 38.8. The van der Waals surface area contributed by atoms with Gasteiger partial charge >= 0.3 is 63.0 Å². The number of aromatic nitrogens is 1. The van der Waals surface area contributed by atoms with Crippen LogP contribution in [0.5, 0.6) is 17.2 Å². The second-order valence-electron chi connectivity index (χ2n) is 17.3. The number of esters is 1. The van der Waals surface area contributed by atoms with E-state index in [2.05, 4.69) is 41.0 Å². The molecule has 11 heteroatoms. The summed E-state index contributed by atoms with van der Waals surface area (Å²) < 4.78 is 23.3. The van der Waals surface area contributed by atoms with Gasteiger partial charge in [-0.2, -0.15) is 6.26 Å². The number of hydrogen-bond donors (Lipinski definition) is 0. The van der Waals surface area contributed by atoms with Gasteiger partial charge in [0.05, 0.1) is 29.7 Å². The second kappa shape index (κ2) is 27.0. The molecule has 0 atom stereocenters. The third-order valence-corrected chi connectivity index (χ3v) is 13.1. The van der Waals surface area contributed by atoms with Crippen LogP contribution in [0.4, 0.5) is 0 Å². The third kappa shape index (κ3) is 16.6. The van der Waals surface area contributed by atoms with Gasteiger partial charge in [0.2, 0.25) is 5.89 Å². The van der Waals surface area contributed by atoms with Crippen molar-refractivity contribution in [3.05, 3.63) is 153 Å². The predicted octanol–water partition coefficient (Wildman–Crippen LogP) is 10.1. The molecule has 0 N–H and O–H groups in total. The molecule has 0 bridgehead atoms. The summed E-state index contributed by atoms with van der Waals surface area (Å²) in [6.07, 6.45) is 20.1. The fourth-order valence-electron chi connectivity index (χ4n) is 7.35. The Morgan fingerprint density at radius 1 is 0.788 bits per heavy atom. The van der Waals surface area contributed by atoms with Crippen molar-refractivity contribution in [2.45, 2.75) is 104 Å². The summed E-state index contributed by atoms with van der Waals surface area (Å²) in [6, 6.07) is 24.9. The van der Waals surface area contributed by atoms with Gasteiger partial charge in [-0.1, -0.05) is 84.3 Å². The van der Waals surface area contributed by atoms with Crippen molar-refractivity contribution in [3.63, 3.8) is 0 Å². The van der Waals surface area contributed by atoms with Crippen LogP contribution >= 0.6 is 15.9 Å². The van der Waals surface area contributed by atoms with Crippen LogP contribution in [0, 0.1) is 24.7 Å². The molecule has 66 heavy (non-hydrogen) atoms. The molecule has 9 nitrogen and oxygen atoms in total. The van der Waals surface area contributed by atoms with Gasteiger partial charge in [-0.3, -0.25) is 4.79 Å². The number of fused-ring (bicyclic) bond motifs is 1. The van der Waals surface area contributed by atoms with Crippen molar-refractivity contribution in [3.8, 4) is 28.7 Å². The number of hydrogen-bond acceptors (Lipinski definition) is 9. The average Bonchev–Trinajstić information content (AvgIpc) is 4.22. The minimum atomic E-state index is -0.553. The van der Waals surface area contributed by atoms with Crippen LogP contribution in [0.2, 0.25) is 0 Å². The first-order chi connectivity index (χ1) is 31.5. The van der Waals surface area contributed by atoms with E-state index in [0.717, 1.165) is 71.2 Å². The van der Waals surface area contributed by atoms with Crippen molar-refractivity contribution in [2.24, 2.45) is 17.8 Å². The van der Waals surface area contributed by atoms with E-state index in [4.69, 9.17) is 23.7 Å². The maximum Gasteiger partial charge on any atom is 1.00 e. The summed E-state index contributed by atoms with van der Waals surface area (Å²) in [4.78, 5) is 41.8. The van der Waals surface area contributed by atoms with Gasteiger partial charge in [-0.05, 0) is 161 Å². The maximum absolute atomic E-state index is 12.6. The average molecular weight is 983 g/mol. The number of halogens is 1. The van der Waals surface area contributed by atoms with Gasteiger partial charge in [-0.15, -0.1) is 6.58 Å². The van der Waals surface area contributed by atoms with E-state index in [1.165, 1.54) is 75.8 Å². The Balaban J connectivity index is 0.000000220. The summed E-state index contributed by atoms with van der Waals surface area (Å²) in [5, 5.41) is 8.93. The van der Waals surface area contributed by atoms with Crippen molar-refractivity contribution in [2.75, 3.05) is 13.2 Å². The Kier molecular flexibility index (Phi) is 21.7. The van der Waals surface area contributed by atoms with E-state index in [-0.39, 0.29) is 74.3 Å². The maximum atomic E-state index is 12.6. The number of Topliss-reactive ketones (excluding diaryl/α,β-unsaturated/α-hetero) is 1. The molecule has 5 aromatic rings. The van der Waals surface area contributed by atoms with Gasteiger partial charge in [0.1, 0.15) is 17.2 Å². The molecule has 0 radical (unpaired) electrons. The van der Waals surface area contributed by atoms with E-state index in [0.29, 0.717) is 35.3 Å². The molecule has 4 fully saturated rings. The van der Waals surface area contributed by atoms with Gasteiger partial charge in [0, 0.05) is 21.5 Å². The molecule has 1 aromatic heterocycles. The van der Waals surface area contributed by atoms with Crippen molar-refractivity contribution in [1.29, 1.82) is 0 Å². The minimum Gasteiger partial charge on any atom is -0.878 e. The smallest absolute Gasteiger partial charge is 0.878 e. The Hall–Kier alpha value is -4.10. The van der Waals surface area contributed by atoms with E-state index < -0.39 is 11.6 Å². The number of rotatable bonds is 16. The first-order valence-electron chi connectivity index (χ1n) is 23.0. The van der Waals surface area contributed by atoms with Crippen LogP contribution < -0.4 is 76.3 Å². The molecule has 0 amide bonds. The quantitative estimate of drug-likeness (QED) is 0.0237. The monoisotopic (exact) mass is 981 g/mol. The summed E-state index contributed by atoms with van der Waals surface area (Å²) >= 11 is 3.48. The number of benzene rings is 4. The molecule has 0 unspecified atom stereocenters. The Bertz CT molecular complexity index is 2480. The number of ether oxygens (including phenoxy) is 3. The summed E-state index contributed by atoms with van der Waals surface area (Å²) in [7, 11) is 0.